The second kappa shape index (κ2) is 7.63. The summed E-state index contributed by atoms with van der Waals surface area (Å²) < 4.78 is 0. The van der Waals surface area contributed by atoms with Crippen molar-refractivity contribution >= 4 is 5.91 Å². The number of nitrogens with one attached hydrogen (secondary N) is 1. The summed E-state index contributed by atoms with van der Waals surface area (Å²) in [5.41, 5.74) is 0. The summed E-state index contributed by atoms with van der Waals surface area (Å²) in [5, 5.41) is 12.2. The molecule has 0 spiro atoms. The minimum Gasteiger partial charge on any atom is -0.392 e. The number of carbonyl (C=O) groups excluding carboxylic acids is 1. The van der Waals surface area contributed by atoms with Gasteiger partial charge >= 0.3 is 0 Å². The highest BCUT2D eigenvalue weighted by molar-refractivity contribution is 5.76. The van der Waals surface area contributed by atoms with Crippen molar-refractivity contribution in [3.8, 4) is 0 Å². The maximum absolute atomic E-state index is 11.5. The van der Waals surface area contributed by atoms with Gasteiger partial charge in [0, 0.05) is 31.6 Å². The average Bonchev–Trinajstić information content (AvgIpc) is 2.09. The van der Waals surface area contributed by atoms with E-state index in [0.717, 1.165) is 0 Å². The van der Waals surface area contributed by atoms with Crippen LogP contribution in [0, 0.1) is 0 Å². The summed E-state index contributed by atoms with van der Waals surface area (Å²) in [4.78, 5) is 13.6. The van der Waals surface area contributed by atoms with Crippen LogP contribution in [-0.2, 0) is 4.79 Å². The number of carbonyl (C=O) groups is 1. The number of hydrogen-bond acceptors (Lipinski definition) is 3. The fourth-order valence-electron chi connectivity index (χ4n) is 1.54. The van der Waals surface area contributed by atoms with Gasteiger partial charge in [-0.25, -0.2) is 0 Å². The molecule has 4 nitrogen and oxygen atoms in total. The van der Waals surface area contributed by atoms with E-state index in [4.69, 9.17) is 0 Å². The first-order valence-corrected chi connectivity index (χ1v) is 6.04. The lowest BCUT2D eigenvalue weighted by Gasteiger charge is -2.27. The number of aliphatic hydroxyl groups excluding tert-OH is 1. The summed E-state index contributed by atoms with van der Waals surface area (Å²) in [6.07, 6.45) is 0.138. The Morgan fingerprint density at radius 1 is 1.25 bits per heavy atom. The molecule has 0 aliphatic heterocycles. The summed E-state index contributed by atoms with van der Waals surface area (Å²) in [6, 6.07) is 0.540. The summed E-state index contributed by atoms with van der Waals surface area (Å²) >= 11 is 0. The molecule has 2 N–H and O–H groups in total. The van der Waals surface area contributed by atoms with E-state index in [-0.39, 0.29) is 18.1 Å². The predicted molar refractivity (Wildman–Crippen MR) is 66.3 cm³/mol. The average molecular weight is 230 g/mol. The first-order valence-electron chi connectivity index (χ1n) is 6.04. The van der Waals surface area contributed by atoms with Crippen LogP contribution in [0.4, 0.5) is 0 Å². The van der Waals surface area contributed by atoms with E-state index in [1.54, 1.807) is 6.92 Å². The summed E-state index contributed by atoms with van der Waals surface area (Å²) in [6.45, 7) is 11.1. The number of hydrogen-bond donors (Lipinski definition) is 2. The number of amides is 1. The van der Waals surface area contributed by atoms with E-state index in [1.807, 2.05) is 13.8 Å². The molecular formula is C12H26N2O2. The zero-order valence-corrected chi connectivity index (χ0v) is 11.2. The molecule has 0 heterocycles. The molecule has 0 aromatic carbocycles. The van der Waals surface area contributed by atoms with Gasteiger partial charge in [0.2, 0.25) is 5.91 Å². The molecule has 0 aliphatic carbocycles. The molecule has 96 valence electrons. The number of rotatable bonds is 7. The van der Waals surface area contributed by atoms with Gasteiger partial charge in [-0.15, -0.1) is 0 Å². The van der Waals surface area contributed by atoms with Gasteiger partial charge in [-0.1, -0.05) is 0 Å². The third kappa shape index (κ3) is 7.65. The van der Waals surface area contributed by atoms with Crippen LogP contribution in [0.1, 0.15) is 41.0 Å². The molecule has 0 saturated carbocycles. The van der Waals surface area contributed by atoms with Crippen molar-refractivity contribution < 1.29 is 9.90 Å². The number of aliphatic hydroxyl groups is 1. The van der Waals surface area contributed by atoms with E-state index < -0.39 is 0 Å². The highest BCUT2D eigenvalue weighted by Gasteiger charge is 2.13. The van der Waals surface area contributed by atoms with E-state index in [1.165, 1.54) is 0 Å². The Balaban J connectivity index is 3.97. The first-order chi connectivity index (χ1) is 7.32. The Hall–Kier alpha value is -0.610. The zero-order valence-electron chi connectivity index (χ0n) is 11.2. The Morgan fingerprint density at radius 2 is 1.81 bits per heavy atom. The molecule has 0 bridgehead atoms. The van der Waals surface area contributed by atoms with Crippen LogP contribution in [0.3, 0.4) is 0 Å². The topological polar surface area (TPSA) is 52.6 Å². The van der Waals surface area contributed by atoms with Crippen molar-refractivity contribution in [1.29, 1.82) is 0 Å². The van der Waals surface area contributed by atoms with Gasteiger partial charge < -0.3 is 10.4 Å². The number of nitrogens with zero attached hydrogens (tertiary/aromatic N) is 1. The second-order valence-electron chi connectivity index (χ2n) is 4.91. The van der Waals surface area contributed by atoms with Crippen molar-refractivity contribution in [1.82, 2.24) is 10.2 Å². The quantitative estimate of drug-likeness (QED) is 0.686. The van der Waals surface area contributed by atoms with Crippen molar-refractivity contribution in [2.45, 2.75) is 59.2 Å². The molecule has 1 unspecified atom stereocenters. The van der Waals surface area contributed by atoms with E-state index in [2.05, 4.69) is 24.1 Å². The molecule has 1 atom stereocenters. The smallest absolute Gasteiger partial charge is 0.221 e. The van der Waals surface area contributed by atoms with Gasteiger partial charge in [0.25, 0.3) is 0 Å². The van der Waals surface area contributed by atoms with Crippen molar-refractivity contribution in [2.75, 3.05) is 13.1 Å². The fourth-order valence-corrected chi connectivity index (χ4v) is 1.54. The van der Waals surface area contributed by atoms with Gasteiger partial charge in [-0.3, -0.25) is 9.69 Å². The van der Waals surface area contributed by atoms with Crippen LogP contribution in [0.2, 0.25) is 0 Å². The summed E-state index contributed by atoms with van der Waals surface area (Å²) in [7, 11) is 0. The van der Waals surface area contributed by atoms with Crippen molar-refractivity contribution in [2.24, 2.45) is 0 Å². The monoisotopic (exact) mass is 230 g/mol. The molecule has 0 saturated heterocycles. The maximum Gasteiger partial charge on any atom is 0.221 e. The molecule has 0 aromatic rings. The van der Waals surface area contributed by atoms with E-state index in [0.29, 0.717) is 25.6 Å². The minimum absolute atomic E-state index is 0.0752. The molecule has 0 radical (unpaired) electrons. The van der Waals surface area contributed by atoms with Gasteiger partial charge in [0.15, 0.2) is 0 Å². The first kappa shape index (κ1) is 15.4. The lowest BCUT2D eigenvalue weighted by molar-refractivity contribution is -0.122. The maximum atomic E-state index is 11.5. The van der Waals surface area contributed by atoms with Crippen LogP contribution in [0.25, 0.3) is 0 Å². The zero-order chi connectivity index (χ0) is 12.7. The van der Waals surface area contributed by atoms with Crippen LogP contribution >= 0.6 is 0 Å². The molecule has 1 amide bonds. The van der Waals surface area contributed by atoms with Gasteiger partial charge in [0.05, 0.1) is 6.10 Å². The Labute approximate surface area is 99.0 Å². The summed E-state index contributed by atoms with van der Waals surface area (Å²) in [5.74, 6) is 0.0752. The van der Waals surface area contributed by atoms with Crippen LogP contribution < -0.4 is 5.32 Å². The highest BCUT2D eigenvalue weighted by Crippen LogP contribution is 2.01. The molecular weight excluding hydrogens is 204 g/mol. The van der Waals surface area contributed by atoms with Gasteiger partial charge in [0.1, 0.15) is 0 Å². The Morgan fingerprint density at radius 3 is 2.19 bits per heavy atom. The van der Waals surface area contributed by atoms with Crippen LogP contribution in [0.5, 0.6) is 0 Å². The molecule has 4 heteroatoms. The molecule has 0 aliphatic rings. The molecule has 0 fully saturated rings. The fraction of sp³-hybridized carbons (Fsp3) is 0.917. The van der Waals surface area contributed by atoms with Crippen LogP contribution in [0.15, 0.2) is 0 Å². The SMILES string of the molecule is CC(O)CN(CCC(=O)NC(C)C)C(C)C. The predicted octanol–water partition coefficient (Wildman–Crippen LogP) is 0.992. The molecule has 16 heavy (non-hydrogen) atoms. The Bertz CT molecular complexity index is 203. The van der Waals surface area contributed by atoms with Gasteiger partial charge in [-0.2, -0.15) is 0 Å². The Kier molecular flexibility index (Phi) is 7.34. The van der Waals surface area contributed by atoms with Crippen molar-refractivity contribution in [3.63, 3.8) is 0 Å². The van der Waals surface area contributed by atoms with E-state index in [9.17, 15) is 9.90 Å². The third-order valence-corrected chi connectivity index (χ3v) is 2.30. The highest BCUT2D eigenvalue weighted by atomic mass is 16.3. The van der Waals surface area contributed by atoms with Crippen molar-refractivity contribution in [3.05, 3.63) is 0 Å². The van der Waals surface area contributed by atoms with Gasteiger partial charge in [-0.05, 0) is 34.6 Å². The molecule has 0 aromatic heterocycles. The lowest BCUT2D eigenvalue weighted by atomic mass is 10.2. The van der Waals surface area contributed by atoms with Crippen LogP contribution in [-0.4, -0.2) is 47.2 Å². The minimum atomic E-state index is -0.351. The molecule has 0 rings (SSSR count). The lowest BCUT2D eigenvalue weighted by Crippen LogP contribution is -2.40. The third-order valence-electron chi connectivity index (χ3n) is 2.30. The normalized spacial score (nSPS) is 13.6. The second-order valence-corrected chi connectivity index (χ2v) is 4.91. The largest absolute Gasteiger partial charge is 0.392 e. The van der Waals surface area contributed by atoms with E-state index >= 15 is 0 Å². The standard InChI is InChI=1S/C12H26N2O2/c1-9(2)13-12(16)6-7-14(10(3)4)8-11(5)15/h9-11,15H,6-8H2,1-5H3,(H,13,16).